The van der Waals surface area contributed by atoms with Crippen LogP contribution < -0.4 is 0 Å². The van der Waals surface area contributed by atoms with Crippen LogP contribution in [0.1, 0.15) is 152 Å². The highest BCUT2D eigenvalue weighted by Gasteiger charge is 1.92. The minimum Gasteiger partial charge on any atom is -0.262 e. The molecule has 0 aliphatic heterocycles. The Morgan fingerprint density at radius 1 is 0.148 bits per heavy atom. The molecule has 0 fully saturated rings. The lowest BCUT2D eigenvalue weighted by Gasteiger charge is -1.91. The topological polar surface area (TPSA) is 322 Å². The van der Waals surface area contributed by atoms with Crippen molar-refractivity contribution in [3.8, 4) is 0 Å². The van der Waals surface area contributed by atoms with Gasteiger partial charge in [0.15, 0.2) is 5.65 Å². The lowest BCUT2D eigenvalue weighted by atomic mass is 10.2. The number of hydrogen-bond acceptors (Lipinski definition) is 25. The number of hydrogen-bond donors (Lipinski definition) is 0. The summed E-state index contributed by atoms with van der Waals surface area (Å²) in [4.78, 5) is 73.9. The number of benzene rings is 3. The van der Waals surface area contributed by atoms with Gasteiger partial charge in [0, 0.05) is 142 Å². The maximum atomic E-state index is 4.18. The second kappa shape index (κ2) is 94.1. The third-order valence-corrected chi connectivity index (χ3v) is 9.50. The second-order valence-corrected chi connectivity index (χ2v) is 15.3. The van der Waals surface area contributed by atoms with Gasteiger partial charge in [-0.2, -0.15) is 25.5 Å². The fourth-order valence-electron chi connectivity index (χ4n) is 5.88. The summed E-state index contributed by atoms with van der Waals surface area (Å²) in [6.45, 7) is 44.0. The normalized spacial score (nSPS) is 7.91. The molecule has 0 N–H and O–H groups in total. The molecule has 25 heteroatoms. The number of rotatable bonds is 0. The third-order valence-electron chi connectivity index (χ3n) is 9.50. The summed E-state index contributed by atoms with van der Waals surface area (Å²) < 4.78 is 0. The molecule has 0 saturated carbocycles. The predicted octanol–water partition coefficient (Wildman–Crippen LogP) is 20.5. The fraction of sp³-hybridized carbons (Fsp3) is 0.265. The molecule has 0 saturated heterocycles. The van der Waals surface area contributed by atoms with Gasteiger partial charge in [0.25, 0.3) is 0 Å². The van der Waals surface area contributed by atoms with Gasteiger partial charge >= 0.3 is 0 Å². The Balaban J connectivity index is -0.000000260. The van der Waals surface area contributed by atoms with E-state index in [1.807, 2.05) is 274 Å². The summed E-state index contributed by atoms with van der Waals surface area (Å²) in [7, 11) is 0. The molecule has 3 aromatic carbocycles. The average Bonchev–Trinajstić information content (AvgIpc) is 0.919. The zero-order valence-corrected chi connectivity index (χ0v) is 67.6. The summed E-state index contributed by atoms with van der Waals surface area (Å²) in [6.07, 6.45) is 47.1. The van der Waals surface area contributed by atoms with Crippen LogP contribution in [0.4, 0.5) is 0 Å². The standard InChI is InChI=1S/C9H7N.2C8H6N2.2C7H5N3.4C4H4N2.2C3H3N3.11C2H6/c1-2-6-9-8(4-1)5-3-7-10-9;2*1-2-4-8-7(3-1)9-5-6-10-8;1-2-8-5-7-6(1)9-3-4-10-7;1-2-6-7(9-3-1)10-5-4-8-6;1-2-6-4-3-5-1;1-2-5-4-6-3-1;2*1-2-4-6-5-3-1;1-4-2-6-3-5-1;1-2-5-6-3-4-1;11*1-2/h1-7H;2*1-6H;2*1-5H;4*1-4H;2*1-3H;11*1-2H3. The molecule has 0 radical (unpaired) electrons. The highest BCUT2D eigenvalue weighted by atomic mass is 15.1. The van der Waals surface area contributed by atoms with Gasteiger partial charge in [0.2, 0.25) is 0 Å². The molecular weight excluding hydrogens is 1350 g/mol. The summed E-state index contributed by atoms with van der Waals surface area (Å²) >= 11 is 0. The average molecular weight is 1470 g/mol. The van der Waals surface area contributed by atoms with Crippen molar-refractivity contribution >= 4 is 55.2 Å². The highest BCUT2D eigenvalue weighted by molar-refractivity contribution is 5.78. The molecule has 574 valence electrons. The zero-order valence-electron chi connectivity index (χ0n) is 67.6. The molecule has 0 atom stereocenters. The Hall–Kier alpha value is -12.9. The van der Waals surface area contributed by atoms with Gasteiger partial charge in [-0.15, -0.1) is 5.10 Å². The van der Waals surface area contributed by atoms with Crippen LogP contribution in [0.2, 0.25) is 0 Å². The Kier molecular flexibility index (Phi) is 92.4. The number of aromatic nitrogens is 25. The Labute approximate surface area is 643 Å². The summed E-state index contributed by atoms with van der Waals surface area (Å²) in [5, 5.41) is 22.2. The Bertz CT molecular complexity index is 3040. The van der Waals surface area contributed by atoms with E-state index in [0.717, 1.165) is 44.1 Å². The minimum absolute atomic E-state index is 0.699. The highest BCUT2D eigenvalue weighted by Crippen LogP contribution is 2.09. The van der Waals surface area contributed by atoms with Gasteiger partial charge in [-0.25, -0.2) is 39.9 Å². The molecule has 108 heavy (non-hydrogen) atoms. The predicted molar refractivity (Wildman–Crippen MR) is 448 cm³/mol. The first-order chi connectivity index (χ1) is 53.8. The van der Waals surface area contributed by atoms with E-state index in [2.05, 4.69) is 137 Å². The van der Waals surface area contributed by atoms with Crippen molar-refractivity contribution in [1.29, 1.82) is 0 Å². The van der Waals surface area contributed by atoms with E-state index >= 15 is 0 Å². The van der Waals surface area contributed by atoms with E-state index in [4.69, 9.17) is 0 Å². The summed E-state index contributed by atoms with van der Waals surface area (Å²) in [5.41, 5.74) is 8.12. The van der Waals surface area contributed by atoms with Crippen molar-refractivity contribution in [2.75, 3.05) is 0 Å². The van der Waals surface area contributed by atoms with Crippen molar-refractivity contribution in [2.24, 2.45) is 0 Å². The fourth-order valence-corrected chi connectivity index (χ4v) is 5.88. The van der Waals surface area contributed by atoms with Crippen LogP contribution in [-0.4, -0.2) is 125 Å². The van der Waals surface area contributed by atoms with Crippen molar-refractivity contribution < 1.29 is 0 Å². The maximum Gasteiger partial charge on any atom is 0.178 e. The van der Waals surface area contributed by atoms with Crippen molar-refractivity contribution in [3.63, 3.8) is 0 Å². The van der Waals surface area contributed by atoms with E-state index in [1.165, 1.54) is 43.2 Å². The van der Waals surface area contributed by atoms with Crippen LogP contribution in [0.5, 0.6) is 0 Å². The van der Waals surface area contributed by atoms with Gasteiger partial charge in [-0.3, -0.25) is 54.8 Å². The van der Waals surface area contributed by atoms with Crippen molar-refractivity contribution in [1.82, 2.24) is 125 Å². The molecule has 16 rings (SSSR count). The van der Waals surface area contributed by atoms with Gasteiger partial charge in [-0.05, 0) is 84.9 Å². The molecular formula is C83H117N25. The minimum atomic E-state index is 0.699. The quantitative estimate of drug-likeness (QED) is 0.136. The van der Waals surface area contributed by atoms with E-state index in [9.17, 15) is 0 Å². The zero-order chi connectivity index (χ0) is 81.5. The molecule has 13 heterocycles. The Morgan fingerprint density at radius 2 is 0.435 bits per heavy atom. The molecule has 25 nitrogen and oxygen atoms in total. The first-order valence-corrected chi connectivity index (χ1v) is 36.4. The van der Waals surface area contributed by atoms with E-state index in [1.54, 1.807) is 142 Å². The van der Waals surface area contributed by atoms with Crippen LogP contribution in [-0.2, 0) is 0 Å². The molecule has 0 aliphatic carbocycles. The molecule has 0 amide bonds. The maximum absolute atomic E-state index is 4.18. The molecule has 13 aromatic heterocycles. The summed E-state index contributed by atoms with van der Waals surface area (Å²) in [6, 6.07) is 42.3. The van der Waals surface area contributed by atoms with E-state index in [0.29, 0.717) is 5.65 Å². The number of pyridine rings is 3. The smallest absolute Gasteiger partial charge is 0.178 e. The first kappa shape index (κ1) is 106. The number of fused-ring (bicyclic) bond motifs is 5. The largest absolute Gasteiger partial charge is 0.262 e. The first-order valence-electron chi connectivity index (χ1n) is 36.4. The lowest BCUT2D eigenvalue weighted by molar-refractivity contribution is 0.969. The SMILES string of the molecule is CC.CC.CC.CC.CC.CC.CC.CC.CC.CC.CC.c1cc2nccnc2cn1.c1ccc2ncccc2c1.c1ccc2nccnc2c1.c1ccc2nccnc2c1.c1ccnnc1.c1ccnnc1.c1cnc2nccnc2c1.c1cnccn1.c1cncnc1.c1cnncn1.c1ncncn1. The van der Waals surface area contributed by atoms with Crippen LogP contribution in [0.25, 0.3) is 55.2 Å². The molecule has 0 unspecified atom stereocenters. The second-order valence-electron chi connectivity index (χ2n) is 15.3. The van der Waals surface area contributed by atoms with Gasteiger partial charge in [-0.1, -0.05) is 201 Å². The molecule has 16 aromatic rings. The van der Waals surface area contributed by atoms with Gasteiger partial charge < -0.3 is 0 Å². The van der Waals surface area contributed by atoms with Crippen LogP contribution in [0.3, 0.4) is 0 Å². The summed E-state index contributed by atoms with van der Waals surface area (Å²) in [5.74, 6) is 0. The third kappa shape index (κ3) is 61.7. The number of nitrogens with zero attached hydrogens (tertiary/aromatic N) is 25. The van der Waals surface area contributed by atoms with Gasteiger partial charge in [0.1, 0.15) is 42.7 Å². The Morgan fingerprint density at radius 3 is 0.731 bits per heavy atom. The lowest BCUT2D eigenvalue weighted by Crippen LogP contribution is -1.83. The van der Waals surface area contributed by atoms with Crippen LogP contribution in [0, 0.1) is 0 Å². The molecule has 0 bridgehead atoms. The van der Waals surface area contributed by atoms with Gasteiger partial charge in [0.05, 0.1) is 45.5 Å². The monoisotopic (exact) mass is 1460 g/mol. The van der Waals surface area contributed by atoms with Crippen molar-refractivity contribution in [3.05, 3.63) is 314 Å². The van der Waals surface area contributed by atoms with E-state index in [-0.39, 0.29) is 0 Å². The number of para-hydroxylation sites is 5. The van der Waals surface area contributed by atoms with Crippen molar-refractivity contribution in [2.45, 2.75) is 152 Å². The van der Waals surface area contributed by atoms with E-state index < -0.39 is 0 Å². The van der Waals surface area contributed by atoms with Crippen LogP contribution in [0.15, 0.2) is 314 Å². The molecule has 0 aliphatic rings. The molecule has 0 spiro atoms. The van der Waals surface area contributed by atoms with Crippen LogP contribution >= 0.6 is 0 Å².